The van der Waals surface area contributed by atoms with E-state index in [-0.39, 0.29) is 5.75 Å². The topological polar surface area (TPSA) is 55.4 Å². The van der Waals surface area contributed by atoms with E-state index in [1.165, 1.54) is 0 Å². The Hall–Kier alpha value is -0.390. The summed E-state index contributed by atoms with van der Waals surface area (Å²) in [6, 6.07) is 0. The van der Waals surface area contributed by atoms with Gasteiger partial charge in [0.05, 0.1) is 12.9 Å². The molecule has 5 heteroatoms. The van der Waals surface area contributed by atoms with Crippen molar-refractivity contribution in [2.45, 2.75) is 0 Å². The lowest BCUT2D eigenvalue weighted by atomic mass is 10.6. The predicted molar refractivity (Wildman–Crippen MR) is 43.9 cm³/mol. The standard InChI is InChI=1S/C6H13NO3S/c1-3-4-7-5-6-11(8,9)10-2/h3,7H,1,4-6H2,2H3. The van der Waals surface area contributed by atoms with Gasteiger partial charge in [-0.25, -0.2) is 0 Å². The first kappa shape index (κ1) is 10.6. The summed E-state index contributed by atoms with van der Waals surface area (Å²) in [5, 5.41) is 2.85. The molecule has 0 saturated heterocycles. The highest BCUT2D eigenvalue weighted by Crippen LogP contribution is 1.86. The Labute approximate surface area is 67.4 Å². The average Bonchev–Trinajstić information content (AvgIpc) is 1.99. The van der Waals surface area contributed by atoms with E-state index < -0.39 is 10.1 Å². The third-order valence-electron chi connectivity index (χ3n) is 1.07. The molecule has 0 aliphatic rings. The lowest BCUT2D eigenvalue weighted by molar-refractivity contribution is 0.397. The Kier molecular flexibility index (Phi) is 5.10. The molecule has 0 unspecified atom stereocenters. The number of rotatable bonds is 6. The van der Waals surface area contributed by atoms with E-state index in [9.17, 15) is 8.42 Å². The lowest BCUT2D eigenvalue weighted by Crippen LogP contribution is -2.23. The van der Waals surface area contributed by atoms with E-state index in [4.69, 9.17) is 0 Å². The lowest BCUT2D eigenvalue weighted by Gasteiger charge is -2.00. The van der Waals surface area contributed by atoms with Gasteiger partial charge in [0.2, 0.25) is 0 Å². The molecular weight excluding hydrogens is 166 g/mol. The van der Waals surface area contributed by atoms with Crippen molar-refractivity contribution in [3.05, 3.63) is 12.7 Å². The van der Waals surface area contributed by atoms with Crippen molar-refractivity contribution in [2.75, 3.05) is 26.0 Å². The molecule has 11 heavy (non-hydrogen) atoms. The monoisotopic (exact) mass is 179 g/mol. The molecule has 0 radical (unpaired) electrons. The fourth-order valence-electron chi connectivity index (χ4n) is 0.485. The van der Waals surface area contributed by atoms with Crippen LogP contribution in [0.2, 0.25) is 0 Å². The van der Waals surface area contributed by atoms with Gasteiger partial charge >= 0.3 is 0 Å². The Balaban J connectivity index is 3.46. The zero-order valence-corrected chi connectivity index (χ0v) is 7.36. The normalized spacial score (nSPS) is 11.4. The van der Waals surface area contributed by atoms with Crippen molar-refractivity contribution in [1.82, 2.24) is 5.32 Å². The Morgan fingerprint density at radius 3 is 2.73 bits per heavy atom. The second-order valence-electron chi connectivity index (χ2n) is 1.92. The average molecular weight is 179 g/mol. The van der Waals surface area contributed by atoms with Crippen LogP contribution in [0.5, 0.6) is 0 Å². The van der Waals surface area contributed by atoms with Crippen LogP contribution >= 0.6 is 0 Å². The van der Waals surface area contributed by atoms with Crippen molar-refractivity contribution in [3.8, 4) is 0 Å². The van der Waals surface area contributed by atoms with Crippen LogP contribution in [0.1, 0.15) is 0 Å². The second kappa shape index (κ2) is 5.29. The Morgan fingerprint density at radius 2 is 2.27 bits per heavy atom. The smallest absolute Gasteiger partial charge is 0.268 e. The molecule has 0 spiro atoms. The van der Waals surface area contributed by atoms with Gasteiger partial charge in [-0.15, -0.1) is 6.58 Å². The van der Waals surface area contributed by atoms with E-state index in [0.717, 1.165) is 7.11 Å². The quantitative estimate of drug-likeness (QED) is 0.347. The van der Waals surface area contributed by atoms with Gasteiger partial charge in [-0.05, 0) is 0 Å². The van der Waals surface area contributed by atoms with Gasteiger partial charge in [-0.1, -0.05) is 6.08 Å². The molecule has 0 aliphatic carbocycles. The largest absolute Gasteiger partial charge is 0.312 e. The predicted octanol–water partition coefficient (Wildman–Crippen LogP) is -0.262. The molecule has 0 fully saturated rings. The van der Waals surface area contributed by atoms with Crippen molar-refractivity contribution >= 4 is 10.1 Å². The number of hydrogen-bond acceptors (Lipinski definition) is 4. The third kappa shape index (κ3) is 6.03. The molecule has 0 aromatic carbocycles. The zero-order valence-electron chi connectivity index (χ0n) is 6.54. The fraction of sp³-hybridized carbons (Fsp3) is 0.667. The minimum atomic E-state index is -3.30. The molecule has 4 nitrogen and oxygen atoms in total. The van der Waals surface area contributed by atoms with Crippen LogP contribution < -0.4 is 5.32 Å². The fourth-order valence-corrected chi connectivity index (χ4v) is 1.05. The molecule has 0 aliphatic heterocycles. The first-order valence-electron chi connectivity index (χ1n) is 3.22. The number of nitrogens with one attached hydrogen (secondary N) is 1. The SMILES string of the molecule is C=CCNCCS(=O)(=O)OC. The van der Waals surface area contributed by atoms with E-state index in [1.54, 1.807) is 6.08 Å². The molecule has 0 amide bonds. The Bertz CT molecular complexity index is 198. The number of hydrogen-bond donors (Lipinski definition) is 1. The maximum Gasteiger partial charge on any atom is 0.268 e. The van der Waals surface area contributed by atoms with Crippen LogP contribution in [0.25, 0.3) is 0 Å². The molecule has 0 rings (SSSR count). The molecule has 0 aromatic rings. The minimum Gasteiger partial charge on any atom is -0.312 e. The molecule has 1 N–H and O–H groups in total. The molecule has 66 valence electrons. The summed E-state index contributed by atoms with van der Waals surface area (Å²) in [5.74, 6) is -0.00264. The zero-order chi connectivity index (χ0) is 8.74. The third-order valence-corrected chi connectivity index (χ3v) is 2.28. The summed E-state index contributed by atoms with van der Waals surface area (Å²) in [5.41, 5.74) is 0. The van der Waals surface area contributed by atoms with Gasteiger partial charge in [0.1, 0.15) is 0 Å². The van der Waals surface area contributed by atoms with Gasteiger partial charge in [0.15, 0.2) is 0 Å². The summed E-state index contributed by atoms with van der Waals surface area (Å²) in [6.07, 6.45) is 1.67. The van der Waals surface area contributed by atoms with Crippen LogP contribution in [0.15, 0.2) is 12.7 Å². The van der Waals surface area contributed by atoms with Crippen LogP contribution in [0.3, 0.4) is 0 Å². The van der Waals surface area contributed by atoms with Crippen molar-refractivity contribution in [2.24, 2.45) is 0 Å². The molecule has 0 aromatic heterocycles. The molecule has 0 atom stereocenters. The first-order valence-corrected chi connectivity index (χ1v) is 4.80. The van der Waals surface area contributed by atoms with Crippen molar-refractivity contribution in [3.63, 3.8) is 0 Å². The highest BCUT2D eigenvalue weighted by Gasteiger charge is 2.05. The van der Waals surface area contributed by atoms with E-state index in [0.29, 0.717) is 13.1 Å². The minimum absolute atomic E-state index is 0.00264. The van der Waals surface area contributed by atoms with Crippen LogP contribution in [-0.2, 0) is 14.3 Å². The van der Waals surface area contributed by atoms with Gasteiger partial charge in [0.25, 0.3) is 10.1 Å². The summed E-state index contributed by atoms with van der Waals surface area (Å²) in [4.78, 5) is 0. The van der Waals surface area contributed by atoms with Crippen molar-refractivity contribution in [1.29, 1.82) is 0 Å². The second-order valence-corrected chi connectivity index (χ2v) is 3.78. The van der Waals surface area contributed by atoms with E-state index >= 15 is 0 Å². The van der Waals surface area contributed by atoms with Gasteiger partial charge < -0.3 is 5.32 Å². The highest BCUT2D eigenvalue weighted by molar-refractivity contribution is 7.86. The van der Waals surface area contributed by atoms with Crippen molar-refractivity contribution < 1.29 is 12.6 Å². The van der Waals surface area contributed by atoms with Gasteiger partial charge in [0, 0.05) is 13.1 Å². The van der Waals surface area contributed by atoms with Gasteiger partial charge in [-0.3, -0.25) is 4.18 Å². The van der Waals surface area contributed by atoms with Crippen LogP contribution in [0.4, 0.5) is 0 Å². The molecular formula is C6H13NO3S. The van der Waals surface area contributed by atoms with Crippen LogP contribution in [0, 0.1) is 0 Å². The summed E-state index contributed by atoms with van der Waals surface area (Å²) >= 11 is 0. The van der Waals surface area contributed by atoms with E-state index in [1.807, 2.05) is 0 Å². The van der Waals surface area contributed by atoms with Gasteiger partial charge in [-0.2, -0.15) is 8.42 Å². The maximum absolute atomic E-state index is 10.7. The molecule has 0 bridgehead atoms. The summed E-state index contributed by atoms with van der Waals surface area (Å²) in [6.45, 7) is 4.47. The molecule has 0 saturated carbocycles. The van der Waals surface area contributed by atoms with E-state index in [2.05, 4.69) is 16.1 Å². The summed E-state index contributed by atoms with van der Waals surface area (Å²) in [7, 11) is -2.14. The first-order chi connectivity index (χ1) is 5.12. The summed E-state index contributed by atoms with van der Waals surface area (Å²) < 4.78 is 25.6. The Morgan fingerprint density at radius 1 is 1.64 bits per heavy atom. The maximum atomic E-state index is 10.7. The van der Waals surface area contributed by atoms with Crippen LogP contribution in [-0.4, -0.2) is 34.4 Å². The molecule has 0 heterocycles. The highest BCUT2D eigenvalue weighted by atomic mass is 32.2.